The average Bonchev–Trinajstić information content (AvgIpc) is 2.94. The van der Waals surface area contributed by atoms with E-state index in [0.717, 1.165) is 24.4 Å². The number of benzene rings is 2. The Morgan fingerprint density at radius 3 is 2.28 bits per heavy atom. The summed E-state index contributed by atoms with van der Waals surface area (Å²) in [6.07, 6.45) is 3.03. The number of aromatic nitrogens is 2. The topological polar surface area (TPSA) is 17.5 Å². The third kappa shape index (κ3) is 4.04. The first-order valence-electron chi connectivity index (χ1n) is 10.3. The summed E-state index contributed by atoms with van der Waals surface area (Å²) in [6, 6.07) is 21.4. The van der Waals surface area contributed by atoms with Crippen LogP contribution in [0.25, 0.3) is 5.65 Å². The van der Waals surface area contributed by atoms with Gasteiger partial charge in [-0.3, -0.25) is 0 Å². The highest BCUT2D eigenvalue weighted by atomic mass is 16.5. The summed E-state index contributed by atoms with van der Waals surface area (Å²) in [5.41, 5.74) is 8.86. The fourth-order valence-corrected chi connectivity index (χ4v) is 4.12. The summed E-state index contributed by atoms with van der Waals surface area (Å²) in [4.78, 5) is 0. The van der Waals surface area contributed by atoms with Crippen molar-refractivity contribution in [2.45, 2.75) is 40.7 Å². The van der Waals surface area contributed by atoms with E-state index in [-0.39, 0.29) is 0 Å². The lowest BCUT2D eigenvalue weighted by atomic mass is 10.1. The van der Waals surface area contributed by atoms with Gasteiger partial charge in [-0.05, 0) is 37.1 Å². The van der Waals surface area contributed by atoms with Gasteiger partial charge in [0.05, 0.1) is 12.8 Å². The van der Waals surface area contributed by atoms with Crippen molar-refractivity contribution in [3.63, 3.8) is 0 Å². The Balaban J connectivity index is 1.67. The molecule has 4 rings (SSSR count). The number of ether oxygens (including phenoxy) is 1. The largest absolute Gasteiger partial charge is 0.486 e. The number of fused-ring (bicyclic) bond motifs is 1. The molecule has 2 aromatic heterocycles. The van der Waals surface area contributed by atoms with E-state index in [1.807, 2.05) is 6.07 Å². The Morgan fingerprint density at radius 1 is 0.828 bits per heavy atom. The molecule has 4 aromatic rings. The second-order valence-electron chi connectivity index (χ2n) is 7.90. The number of nitrogens with zero attached hydrogens (tertiary/aromatic N) is 2. The average molecular weight is 386 g/mol. The van der Waals surface area contributed by atoms with Crippen LogP contribution in [0.2, 0.25) is 0 Å². The lowest BCUT2D eigenvalue weighted by molar-refractivity contribution is -0.668. The van der Waals surface area contributed by atoms with Crippen LogP contribution in [-0.2, 0) is 13.0 Å². The molecule has 2 heterocycles. The molecule has 0 atom stereocenters. The van der Waals surface area contributed by atoms with Gasteiger partial charge in [-0.1, -0.05) is 59.7 Å². The molecule has 0 saturated heterocycles. The Labute approximate surface area is 173 Å². The van der Waals surface area contributed by atoms with Crippen LogP contribution in [0.4, 0.5) is 0 Å². The minimum absolute atomic E-state index is 0.663. The molecule has 3 nitrogen and oxygen atoms in total. The maximum atomic E-state index is 6.28. The van der Waals surface area contributed by atoms with E-state index in [4.69, 9.17) is 4.74 Å². The molecule has 0 saturated carbocycles. The number of hydrogen-bond acceptors (Lipinski definition) is 1. The second-order valence-corrected chi connectivity index (χ2v) is 7.90. The molecule has 0 N–H and O–H groups in total. The minimum atomic E-state index is 0.663. The zero-order valence-corrected chi connectivity index (χ0v) is 17.8. The highest BCUT2D eigenvalue weighted by Crippen LogP contribution is 2.22. The van der Waals surface area contributed by atoms with Gasteiger partial charge in [0.15, 0.2) is 0 Å². The summed E-state index contributed by atoms with van der Waals surface area (Å²) in [5, 5.41) is 0. The van der Waals surface area contributed by atoms with Gasteiger partial charge in [0.2, 0.25) is 5.75 Å². The van der Waals surface area contributed by atoms with Gasteiger partial charge in [-0.25, -0.2) is 4.57 Å². The quantitative estimate of drug-likeness (QED) is 0.421. The van der Waals surface area contributed by atoms with Gasteiger partial charge in [-0.2, -0.15) is 4.40 Å². The summed E-state index contributed by atoms with van der Waals surface area (Å²) in [6.45, 7) is 10.2. The smallest absolute Gasteiger partial charge is 0.329 e. The molecular weight excluding hydrogens is 356 g/mol. The first kappa shape index (κ1) is 19.3. The predicted molar refractivity (Wildman–Crippen MR) is 118 cm³/mol. The van der Waals surface area contributed by atoms with Crippen LogP contribution in [0.3, 0.4) is 0 Å². The Kier molecular flexibility index (Phi) is 5.39. The SMILES string of the molecule is Cc1cc(C)cc(C[n+]2c(C)c(C)n3cccc(OCCc4ccccc4)c32)c1. The highest BCUT2D eigenvalue weighted by Gasteiger charge is 2.24. The molecule has 0 spiro atoms. The molecular formula is C26H29N2O+. The number of hydrogen-bond donors (Lipinski definition) is 0. The molecule has 3 heteroatoms. The monoisotopic (exact) mass is 385 g/mol. The zero-order chi connectivity index (χ0) is 20.4. The van der Waals surface area contributed by atoms with Crippen LogP contribution in [0.15, 0.2) is 66.9 Å². The number of aryl methyl sites for hydroxylation is 3. The molecule has 148 valence electrons. The summed E-state index contributed by atoms with van der Waals surface area (Å²) in [5.74, 6) is 0.934. The Bertz CT molecular complexity index is 1120. The molecule has 29 heavy (non-hydrogen) atoms. The molecule has 0 aliphatic carbocycles. The maximum absolute atomic E-state index is 6.28. The van der Waals surface area contributed by atoms with Crippen LogP contribution in [-0.4, -0.2) is 11.0 Å². The van der Waals surface area contributed by atoms with Crippen molar-refractivity contribution < 1.29 is 9.30 Å². The van der Waals surface area contributed by atoms with Gasteiger partial charge in [-0.15, -0.1) is 0 Å². The lowest BCUT2D eigenvalue weighted by Gasteiger charge is -2.08. The van der Waals surface area contributed by atoms with E-state index in [2.05, 4.69) is 97.5 Å². The van der Waals surface area contributed by atoms with Gasteiger partial charge >= 0.3 is 5.65 Å². The number of imidazole rings is 1. The first-order chi connectivity index (χ1) is 14.0. The van der Waals surface area contributed by atoms with Crippen LogP contribution >= 0.6 is 0 Å². The fourth-order valence-electron chi connectivity index (χ4n) is 4.12. The molecule has 0 bridgehead atoms. The van der Waals surface area contributed by atoms with Crippen molar-refractivity contribution in [3.8, 4) is 5.75 Å². The third-order valence-corrected chi connectivity index (χ3v) is 5.59. The van der Waals surface area contributed by atoms with Crippen molar-refractivity contribution in [1.82, 2.24) is 4.40 Å². The fraction of sp³-hybridized carbons (Fsp3) is 0.269. The summed E-state index contributed by atoms with van der Waals surface area (Å²) in [7, 11) is 0. The second kappa shape index (κ2) is 8.12. The zero-order valence-electron chi connectivity index (χ0n) is 17.8. The molecule has 0 amide bonds. The summed E-state index contributed by atoms with van der Waals surface area (Å²) < 4.78 is 10.9. The maximum Gasteiger partial charge on any atom is 0.329 e. The van der Waals surface area contributed by atoms with Crippen molar-refractivity contribution in [3.05, 3.63) is 101 Å². The van der Waals surface area contributed by atoms with Crippen LogP contribution in [0.1, 0.15) is 33.6 Å². The van der Waals surface area contributed by atoms with Crippen molar-refractivity contribution >= 4 is 5.65 Å². The van der Waals surface area contributed by atoms with E-state index < -0.39 is 0 Å². The standard InChI is InChI=1S/C26H29N2O/c1-19-15-20(2)17-24(16-19)18-28-22(4)21(3)27-13-8-11-25(26(27)28)29-14-12-23-9-6-5-7-10-23/h5-11,13,15-17H,12,14,18H2,1-4H3/q+1. The van der Waals surface area contributed by atoms with Gasteiger partial charge in [0, 0.05) is 20.3 Å². The van der Waals surface area contributed by atoms with Crippen LogP contribution < -0.4 is 9.30 Å². The third-order valence-electron chi connectivity index (χ3n) is 5.59. The molecule has 2 aromatic carbocycles. The van der Waals surface area contributed by atoms with Crippen LogP contribution in [0, 0.1) is 27.7 Å². The number of pyridine rings is 1. The van der Waals surface area contributed by atoms with Gasteiger partial charge in [0.25, 0.3) is 0 Å². The Hall–Kier alpha value is -3.07. The van der Waals surface area contributed by atoms with E-state index in [9.17, 15) is 0 Å². The lowest BCUT2D eigenvalue weighted by Crippen LogP contribution is -2.37. The van der Waals surface area contributed by atoms with Gasteiger partial charge < -0.3 is 4.74 Å². The highest BCUT2D eigenvalue weighted by molar-refractivity contribution is 5.51. The normalized spacial score (nSPS) is 11.2. The molecule has 0 aliphatic rings. The minimum Gasteiger partial charge on any atom is -0.486 e. The van der Waals surface area contributed by atoms with E-state index >= 15 is 0 Å². The van der Waals surface area contributed by atoms with Crippen LogP contribution in [0.5, 0.6) is 5.75 Å². The summed E-state index contributed by atoms with van der Waals surface area (Å²) >= 11 is 0. The van der Waals surface area contributed by atoms with Crippen molar-refractivity contribution in [2.24, 2.45) is 0 Å². The Morgan fingerprint density at radius 2 is 1.55 bits per heavy atom. The van der Waals surface area contributed by atoms with E-state index in [0.29, 0.717) is 6.61 Å². The van der Waals surface area contributed by atoms with Gasteiger partial charge in [0.1, 0.15) is 17.9 Å². The van der Waals surface area contributed by atoms with E-state index in [1.165, 1.54) is 33.6 Å². The van der Waals surface area contributed by atoms with Crippen molar-refractivity contribution in [2.75, 3.05) is 6.61 Å². The molecule has 0 radical (unpaired) electrons. The molecule has 0 aliphatic heterocycles. The molecule has 0 unspecified atom stereocenters. The molecule has 0 fully saturated rings. The first-order valence-corrected chi connectivity index (χ1v) is 10.3. The van der Waals surface area contributed by atoms with E-state index in [1.54, 1.807) is 0 Å². The number of rotatable bonds is 6. The predicted octanol–water partition coefficient (Wildman–Crippen LogP) is 5.13. The van der Waals surface area contributed by atoms with Crippen molar-refractivity contribution in [1.29, 1.82) is 0 Å².